The predicted molar refractivity (Wildman–Crippen MR) is 87.3 cm³/mol. The smallest absolute Gasteiger partial charge is 0.265 e. The molecule has 0 saturated carbocycles. The van der Waals surface area contributed by atoms with Gasteiger partial charge in [-0.05, 0) is 49.9 Å². The second-order valence-electron chi connectivity index (χ2n) is 6.12. The summed E-state index contributed by atoms with van der Waals surface area (Å²) in [6.45, 7) is 2.90. The highest BCUT2D eigenvalue weighted by Crippen LogP contribution is 2.21. The Kier molecular flexibility index (Phi) is 4.99. The largest absolute Gasteiger partial charge is 0.285 e. The van der Waals surface area contributed by atoms with Gasteiger partial charge in [-0.2, -0.15) is 4.31 Å². The van der Waals surface area contributed by atoms with Crippen LogP contribution in [0.1, 0.15) is 42.5 Å². The lowest BCUT2D eigenvalue weighted by molar-refractivity contribution is 0.0750. The molecule has 2 aliphatic heterocycles. The molecule has 7 heteroatoms. The molecule has 0 aromatic heterocycles. The van der Waals surface area contributed by atoms with E-state index >= 15 is 0 Å². The summed E-state index contributed by atoms with van der Waals surface area (Å²) in [6, 6.07) is 6.22. The average molecular weight is 337 g/mol. The first-order valence-electron chi connectivity index (χ1n) is 8.23. The lowest BCUT2D eigenvalue weighted by atomic mass is 10.1. The number of nitrogens with zero attached hydrogens (tertiary/aromatic N) is 2. The van der Waals surface area contributed by atoms with E-state index in [9.17, 15) is 13.2 Å². The van der Waals surface area contributed by atoms with Gasteiger partial charge in [0.05, 0.1) is 4.90 Å². The Labute approximate surface area is 137 Å². The highest BCUT2D eigenvalue weighted by molar-refractivity contribution is 7.89. The van der Waals surface area contributed by atoms with E-state index in [-0.39, 0.29) is 10.8 Å². The van der Waals surface area contributed by atoms with Gasteiger partial charge in [-0.25, -0.2) is 13.4 Å². The van der Waals surface area contributed by atoms with Crippen LogP contribution in [0, 0.1) is 0 Å². The van der Waals surface area contributed by atoms with Crippen molar-refractivity contribution in [2.75, 3.05) is 26.2 Å². The minimum absolute atomic E-state index is 0.183. The Balaban J connectivity index is 1.67. The van der Waals surface area contributed by atoms with Crippen LogP contribution in [0.5, 0.6) is 0 Å². The molecule has 0 atom stereocenters. The summed E-state index contributed by atoms with van der Waals surface area (Å²) in [5.74, 6) is -0.183. The first-order valence-corrected chi connectivity index (χ1v) is 9.67. The zero-order valence-corrected chi connectivity index (χ0v) is 14.0. The highest BCUT2D eigenvalue weighted by Gasteiger charge is 2.27. The minimum atomic E-state index is -3.42. The SMILES string of the molecule is O=C(NN1CCCCC1)c1ccc(S(=O)(=O)N2CCCC2)cc1. The quantitative estimate of drug-likeness (QED) is 0.906. The molecule has 0 aliphatic carbocycles. The molecule has 6 nitrogen and oxygen atoms in total. The summed E-state index contributed by atoms with van der Waals surface area (Å²) >= 11 is 0. The maximum Gasteiger partial charge on any atom is 0.265 e. The van der Waals surface area contributed by atoms with E-state index in [1.807, 2.05) is 5.01 Å². The predicted octanol–water partition coefficient (Wildman–Crippen LogP) is 1.60. The Hall–Kier alpha value is -1.44. The van der Waals surface area contributed by atoms with Crippen LogP contribution >= 0.6 is 0 Å². The number of hydrazine groups is 1. The van der Waals surface area contributed by atoms with Crippen molar-refractivity contribution in [2.24, 2.45) is 0 Å². The molecular weight excluding hydrogens is 314 g/mol. The van der Waals surface area contributed by atoms with Crippen LogP contribution in [0.4, 0.5) is 0 Å². The molecule has 1 amide bonds. The molecule has 1 N–H and O–H groups in total. The lowest BCUT2D eigenvalue weighted by Gasteiger charge is -2.26. The second-order valence-corrected chi connectivity index (χ2v) is 8.06. The molecule has 0 unspecified atom stereocenters. The fourth-order valence-electron chi connectivity index (χ4n) is 3.07. The van der Waals surface area contributed by atoms with E-state index in [0.717, 1.165) is 38.8 Å². The molecule has 126 valence electrons. The molecule has 23 heavy (non-hydrogen) atoms. The van der Waals surface area contributed by atoms with Crippen LogP contribution in [0.2, 0.25) is 0 Å². The van der Waals surface area contributed by atoms with Crippen LogP contribution in [0.25, 0.3) is 0 Å². The molecule has 3 rings (SSSR count). The third-order valence-corrected chi connectivity index (χ3v) is 6.35. The van der Waals surface area contributed by atoms with Crippen molar-refractivity contribution in [2.45, 2.75) is 37.0 Å². The van der Waals surface area contributed by atoms with Gasteiger partial charge >= 0.3 is 0 Å². The van der Waals surface area contributed by atoms with Crippen LogP contribution in [0.3, 0.4) is 0 Å². The van der Waals surface area contributed by atoms with Crippen molar-refractivity contribution in [3.8, 4) is 0 Å². The van der Waals surface area contributed by atoms with Crippen molar-refractivity contribution in [1.29, 1.82) is 0 Å². The number of carbonyl (C=O) groups is 1. The first kappa shape index (κ1) is 16.4. The van der Waals surface area contributed by atoms with Gasteiger partial charge in [-0.1, -0.05) is 6.42 Å². The molecule has 0 spiro atoms. The topological polar surface area (TPSA) is 69.7 Å². The van der Waals surface area contributed by atoms with Crippen molar-refractivity contribution in [3.05, 3.63) is 29.8 Å². The zero-order chi connectivity index (χ0) is 16.3. The van der Waals surface area contributed by atoms with Gasteiger partial charge in [0.1, 0.15) is 0 Å². The van der Waals surface area contributed by atoms with Crippen LogP contribution < -0.4 is 5.43 Å². The summed E-state index contributed by atoms with van der Waals surface area (Å²) in [4.78, 5) is 12.5. The molecular formula is C16H23N3O3S. The summed E-state index contributed by atoms with van der Waals surface area (Å²) in [6.07, 6.45) is 5.21. The molecule has 1 aromatic carbocycles. The lowest BCUT2D eigenvalue weighted by Crippen LogP contribution is -2.45. The van der Waals surface area contributed by atoms with E-state index in [1.165, 1.54) is 22.9 Å². The number of rotatable bonds is 4. The fourth-order valence-corrected chi connectivity index (χ4v) is 4.59. The molecule has 2 heterocycles. The maximum absolute atomic E-state index is 12.4. The van der Waals surface area contributed by atoms with Gasteiger partial charge < -0.3 is 0 Å². The molecule has 2 fully saturated rings. The van der Waals surface area contributed by atoms with Crippen LogP contribution in [0.15, 0.2) is 29.2 Å². The zero-order valence-electron chi connectivity index (χ0n) is 13.2. The van der Waals surface area contributed by atoms with E-state index in [2.05, 4.69) is 5.43 Å². The monoisotopic (exact) mass is 337 g/mol. The molecule has 1 aromatic rings. The third-order valence-electron chi connectivity index (χ3n) is 4.44. The van der Waals surface area contributed by atoms with E-state index < -0.39 is 10.0 Å². The van der Waals surface area contributed by atoms with E-state index in [4.69, 9.17) is 0 Å². The summed E-state index contributed by atoms with van der Waals surface area (Å²) in [5, 5.41) is 1.93. The number of benzene rings is 1. The van der Waals surface area contributed by atoms with Gasteiger partial charge in [0, 0.05) is 31.7 Å². The van der Waals surface area contributed by atoms with Gasteiger partial charge in [0.15, 0.2) is 0 Å². The van der Waals surface area contributed by atoms with Crippen molar-refractivity contribution in [1.82, 2.24) is 14.7 Å². The normalized spacial score (nSPS) is 20.5. The van der Waals surface area contributed by atoms with Gasteiger partial charge in [0.2, 0.25) is 10.0 Å². The Bertz CT molecular complexity index is 646. The number of piperidine rings is 1. The highest BCUT2D eigenvalue weighted by atomic mass is 32.2. The Morgan fingerprint density at radius 3 is 2.04 bits per heavy atom. The third kappa shape index (κ3) is 3.73. The van der Waals surface area contributed by atoms with Crippen LogP contribution in [-0.2, 0) is 10.0 Å². The first-order chi connectivity index (χ1) is 11.1. The van der Waals surface area contributed by atoms with Gasteiger partial charge in [-0.3, -0.25) is 10.2 Å². The van der Waals surface area contributed by atoms with Gasteiger partial charge in [-0.15, -0.1) is 0 Å². The maximum atomic E-state index is 12.4. The van der Waals surface area contributed by atoms with Crippen molar-refractivity contribution < 1.29 is 13.2 Å². The minimum Gasteiger partial charge on any atom is -0.285 e. The second kappa shape index (κ2) is 6.98. The number of carbonyl (C=O) groups excluding carboxylic acids is 1. The van der Waals surface area contributed by atoms with Crippen molar-refractivity contribution in [3.63, 3.8) is 0 Å². The summed E-state index contributed by atoms with van der Waals surface area (Å²) in [7, 11) is -3.42. The summed E-state index contributed by atoms with van der Waals surface area (Å²) < 4.78 is 26.4. The Morgan fingerprint density at radius 1 is 0.870 bits per heavy atom. The van der Waals surface area contributed by atoms with E-state index in [0.29, 0.717) is 18.7 Å². The van der Waals surface area contributed by atoms with Crippen LogP contribution in [-0.4, -0.2) is 49.8 Å². The molecule has 2 aliphatic rings. The number of nitrogens with one attached hydrogen (secondary N) is 1. The standard InChI is InChI=1S/C16H23N3O3S/c20-16(17-18-10-2-1-3-11-18)14-6-8-15(9-7-14)23(21,22)19-12-4-5-13-19/h6-9H,1-5,10-13H2,(H,17,20). The Morgan fingerprint density at radius 2 is 1.43 bits per heavy atom. The van der Waals surface area contributed by atoms with Gasteiger partial charge in [0.25, 0.3) is 5.91 Å². The number of hydrogen-bond acceptors (Lipinski definition) is 4. The van der Waals surface area contributed by atoms with E-state index in [1.54, 1.807) is 12.1 Å². The molecule has 0 radical (unpaired) electrons. The number of sulfonamides is 1. The number of hydrogen-bond donors (Lipinski definition) is 1. The molecule has 0 bridgehead atoms. The molecule has 2 saturated heterocycles. The number of amides is 1. The fraction of sp³-hybridized carbons (Fsp3) is 0.562. The summed E-state index contributed by atoms with van der Waals surface area (Å²) in [5.41, 5.74) is 3.37. The van der Waals surface area contributed by atoms with Crippen molar-refractivity contribution >= 4 is 15.9 Å². The average Bonchev–Trinajstić information content (AvgIpc) is 3.11.